The van der Waals surface area contributed by atoms with Crippen LogP contribution in [0.2, 0.25) is 0 Å². The molecule has 3 rings (SSSR count). The van der Waals surface area contributed by atoms with E-state index in [1.807, 2.05) is 35.9 Å². The second-order valence-corrected chi connectivity index (χ2v) is 4.81. The molecule has 0 saturated carbocycles. The molecule has 3 aromatic rings. The van der Waals surface area contributed by atoms with E-state index in [4.69, 9.17) is 5.73 Å². The van der Waals surface area contributed by atoms with Crippen molar-refractivity contribution < 1.29 is 0 Å². The molecule has 0 radical (unpaired) electrons. The zero-order valence-corrected chi connectivity index (χ0v) is 11.7. The smallest absolute Gasteiger partial charge is 0.202 e. The molecule has 0 saturated heterocycles. The highest BCUT2D eigenvalue weighted by atomic mass is 15.2. The van der Waals surface area contributed by atoms with Crippen molar-refractivity contribution in [3.8, 4) is 0 Å². The fraction of sp³-hybridized carbons (Fsp3) is 0.267. The zero-order chi connectivity index (χ0) is 14.1. The number of nitrogens with two attached hydrogens (primary N) is 1. The van der Waals surface area contributed by atoms with Gasteiger partial charge in [-0.2, -0.15) is 0 Å². The van der Waals surface area contributed by atoms with Gasteiger partial charge in [-0.3, -0.25) is 9.55 Å². The third kappa shape index (κ3) is 2.11. The first kappa shape index (κ1) is 12.6. The van der Waals surface area contributed by atoms with E-state index in [1.165, 1.54) is 5.56 Å². The number of fused-ring (bicyclic) bond motifs is 1. The molecule has 0 unspecified atom stereocenters. The maximum atomic E-state index is 6.03. The lowest BCUT2D eigenvalue weighted by atomic mass is 10.1. The molecule has 0 aliphatic carbocycles. The standard InChI is InChI=1S/C15H17N5/c1-3-11-5-4-8-17-13(11)9-20-14-12(19-15(20)16)7-6-10(2)18-14/h4-8H,3,9H2,1-2H3,(H2,16,19). The maximum Gasteiger partial charge on any atom is 0.202 e. The normalized spacial score (nSPS) is 11.1. The van der Waals surface area contributed by atoms with Crippen molar-refractivity contribution in [1.82, 2.24) is 19.5 Å². The number of pyridine rings is 2. The third-order valence-electron chi connectivity index (χ3n) is 3.43. The van der Waals surface area contributed by atoms with Crippen LogP contribution in [-0.4, -0.2) is 19.5 Å². The van der Waals surface area contributed by atoms with Crippen molar-refractivity contribution in [3.63, 3.8) is 0 Å². The summed E-state index contributed by atoms with van der Waals surface area (Å²) in [5.74, 6) is 0.478. The average Bonchev–Trinajstić information content (AvgIpc) is 2.76. The van der Waals surface area contributed by atoms with Gasteiger partial charge < -0.3 is 5.73 Å². The molecule has 3 heterocycles. The maximum absolute atomic E-state index is 6.03. The Kier molecular flexibility index (Phi) is 3.10. The topological polar surface area (TPSA) is 69.6 Å². The first-order chi connectivity index (χ1) is 9.69. The average molecular weight is 267 g/mol. The SMILES string of the molecule is CCc1cccnc1Cn1c(N)nc2ccc(C)nc21. The summed E-state index contributed by atoms with van der Waals surface area (Å²) in [4.78, 5) is 13.4. The number of anilines is 1. The number of hydrogen-bond acceptors (Lipinski definition) is 4. The zero-order valence-electron chi connectivity index (χ0n) is 11.7. The predicted octanol–water partition coefficient (Wildman–Crippen LogP) is 2.33. The molecule has 0 aliphatic rings. The Morgan fingerprint density at radius 3 is 2.85 bits per heavy atom. The van der Waals surface area contributed by atoms with Crippen molar-refractivity contribution >= 4 is 17.1 Å². The number of aryl methyl sites for hydroxylation is 2. The summed E-state index contributed by atoms with van der Waals surface area (Å²) in [7, 11) is 0. The summed E-state index contributed by atoms with van der Waals surface area (Å²) in [6, 6.07) is 7.94. The van der Waals surface area contributed by atoms with Gasteiger partial charge in [-0.05, 0) is 37.1 Å². The fourth-order valence-electron chi connectivity index (χ4n) is 2.36. The number of nitrogens with zero attached hydrogens (tertiary/aromatic N) is 4. The number of nitrogen functional groups attached to an aromatic ring is 1. The van der Waals surface area contributed by atoms with Gasteiger partial charge in [0.25, 0.3) is 0 Å². The van der Waals surface area contributed by atoms with Gasteiger partial charge in [0.2, 0.25) is 5.95 Å². The highest BCUT2D eigenvalue weighted by Crippen LogP contribution is 2.19. The highest BCUT2D eigenvalue weighted by Gasteiger charge is 2.12. The van der Waals surface area contributed by atoms with Crippen LogP contribution in [0.5, 0.6) is 0 Å². The Hall–Kier alpha value is -2.43. The molecule has 0 atom stereocenters. The minimum atomic E-state index is 0.478. The van der Waals surface area contributed by atoms with E-state index in [9.17, 15) is 0 Å². The highest BCUT2D eigenvalue weighted by molar-refractivity contribution is 5.74. The van der Waals surface area contributed by atoms with Gasteiger partial charge in [-0.1, -0.05) is 13.0 Å². The molecule has 0 aromatic carbocycles. The molecule has 0 aliphatic heterocycles. The fourth-order valence-corrected chi connectivity index (χ4v) is 2.36. The lowest BCUT2D eigenvalue weighted by Gasteiger charge is -2.09. The van der Waals surface area contributed by atoms with Crippen LogP contribution in [0.4, 0.5) is 5.95 Å². The molecule has 2 N–H and O–H groups in total. The Balaban J connectivity index is 2.10. The quantitative estimate of drug-likeness (QED) is 0.790. The first-order valence-corrected chi connectivity index (χ1v) is 6.71. The van der Waals surface area contributed by atoms with Gasteiger partial charge in [0.05, 0.1) is 12.2 Å². The van der Waals surface area contributed by atoms with Gasteiger partial charge in [-0.15, -0.1) is 0 Å². The lowest BCUT2D eigenvalue weighted by molar-refractivity contribution is 0.784. The van der Waals surface area contributed by atoms with E-state index >= 15 is 0 Å². The molecule has 0 amide bonds. The molecule has 0 fully saturated rings. The van der Waals surface area contributed by atoms with E-state index in [-0.39, 0.29) is 0 Å². The van der Waals surface area contributed by atoms with Crippen molar-refractivity contribution in [1.29, 1.82) is 0 Å². The van der Waals surface area contributed by atoms with Crippen LogP contribution in [0.3, 0.4) is 0 Å². The van der Waals surface area contributed by atoms with Crippen molar-refractivity contribution in [2.24, 2.45) is 0 Å². The Morgan fingerprint density at radius 2 is 2.05 bits per heavy atom. The van der Waals surface area contributed by atoms with Crippen molar-refractivity contribution in [2.75, 3.05) is 5.73 Å². The molecule has 0 bridgehead atoms. The van der Waals surface area contributed by atoms with E-state index in [1.54, 1.807) is 0 Å². The van der Waals surface area contributed by atoms with E-state index < -0.39 is 0 Å². The van der Waals surface area contributed by atoms with Crippen LogP contribution in [0.25, 0.3) is 11.2 Å². The van der Waals surface area contributed by atoms with Gasteiger partial charge in [0.15, 0.2) is 5.65 Å². The van der Waals surface area contributed by atoms with Crippen LogP contribution in [0, 0.1) is 6.92 Å². The van der Waals surface area contributed by atoms with Crippen LogP contribution in [-0.2, 0) is 13.0 Å². The van der Waals surface area contributed by atoms with Crippen LogP contribution < -0.4 is 5.73 Å². The summed E-state index contributed by atoms with van der Waals surface area (Å²) in [6.07, 6.45) is 2.75. The van der Waals surface area contributed by atoms with Gasteiger partial charge in [0, 0.05) is 11.9 Å². The second-order valence-electron chi connectivity index (χ2n) is 4.81. The lowest BCUT2D eigenvalue weighted by Crippen LogP contribution is -2.08. The van der Waals surface area contributed by atoms with E-state index in [0.717, 1.165) is 29.0 Å². The molecule has 20 heavy (non-hydrogen) atoms. The molecule has 102 valence electrons. The molecule has 5 nitrogen and oxygen atoms in total. The number of hydrogen-bond donors (Lipinski definition) is 1. The molecule has 5 heteroatoms. The Bertz CT molecular complexity index is 760. The first-order valence-electron chi connectivity index (χ1n) is 6.71. The monoisotopic (exact) mass is 267 g/mol. The Labute approximate surface area is 117 Å². The Morgan fingerprint density at radius 1 is 1.20 bits per heavy atom. The molecule has 3 aromatic heterocycles. The number of imidazole rings is 1. The summed E-state index contributed by atoms with van der Waals surface area (Å²) in [5, 5.41) is 0. The summed E-state index contributed by atoms with van der Waals surface area (Å²) in [5.41, 5.74) is 10.9. The van der Waals surface area contributed by atoms with Crippen LogP contribution >= 0.6 is 0 Å². The van der Waals surface area contributed by atoms with Crippen molar-refractivity contribution in [3.05, 3.63) is 47.4 Å². The van der Waals surface area contributed by atoms with Crippen LogP contribution in [0.1, 0.15) is 23.9 Å². The third-order valence-corrected chi connectivity index (χ3v) is 3.43. The predicted molar refractivity (Wildman–Crippen MR) is 79.4 cm³/mol. The van der Waals surface area contributed by atoms with E-state index in [0.29, 0.717) is 12.5 Å². The van der Waals surface area contributed by atoms with Crippen LogP contribution in [0.15, 0.2) is 30.5 Å². The summed E-state index contributed by atoms with van der Waals surface area (Å²) >= 11 is 0. The molecular weight excluding hydrogens is 250 g/mol. The van der Waals surface area contributed by atoms with Gasteiger partial charge in [0.1, 0.15) is 5.52 Å². The summed E-state index contributed by atoms with van der Waals surface area (Å²) in [6.45, 7) is 4.69. The molecule has 0 spiro atoms. The summed E-state index contributed by atoms with van der Waals surface area (Å²) < 4.78 is 1.92. The number of rotatable bonds is 3. The van der Waals surface area contributed by atoms with Gasteiger partial charge in [-0.25, -0.2) is 9.97 Å². The van der Waals surface area contributed by atoms with Gasteiger partial charge >= 0.3 is 0 Å². The van der Waals surface area contributed by atoms with E-state index in [2.05, 4.69) is 27.9 Å². The molecular formula is C15H17N5. The van der Waals surface area contributed by atoms with Crippen molar-refractivity contribution in [2.45, 2.75) is 26.8 Å². The largest absolute Gasteiger partial charge is 0.369 e. The minimum Gasteiger partial charge on any atom is -0.369 e. The number of aromatic nitrogens is 4. The minimum absolute atomic E-state index is 0.478. The second kappa shape index (κ2) is 4.92.